The number of benzene rings is 1. The highest BCUT2D eigenvalue weighted by Crippen LogP contribution is 2.50. The lowest BCUT2D eigenvalue weighted by Crippen LogP contribution is -2.65. The van der Waals surface area contributed by atoms with Crippen molar-refractivity contribution in [2.24, 2.45) is 0 Å². The molecule has 0 saturated carbocycles. The molecule has 0 radical (unpaired) electrons. The van der Waals surface area contributed by atoms with Crippen LogP contribution in [0.15, 0.2) is 30.3 Å². The van der Waals surface area contributed by atoms with Gasteiger partial charge >= 0.3 is 18.1 Å². The summed E-state index contributed by atoms with van der Waals surface area (Å²) in [6.45, 7) is 1.22. The summed E-state index contributed by atoms with van der Waals surface area (Å²) in [4.78, 5) is 0. The molecule has 1 aromatic rings. The normalized spacial score (nSPS) is 26.8. The van der Waals surface area contributed by atoms with Crippen LogP contribution in [0.2, 0.25) is 0 Å². The molecule has 1 aromatic carbocycles. The van der Waals surface area contributed by atoms with Crippen molar-refractivity contribution >= 4 is 0 Å². The fourth-order valence-corrected chi connectivity index (χ4v) is 2.18. The van der Waals surface area contributed by atoms with Gasteiger partial charge in [0, 0.05) is 6.04 Å². The molecule has 112 valence electrons. The maximum absolute atomic E-state index is 12.9. The highest BCUT2D eigenvalue weighted by Gasteiger charge is 2.76. The Morgan fingerprint density at radius 1 is 1.00 bits per heavy atom. The Kier molecular flexibility index (Phi) is 3.50. The molecule has 1 aliphatic heterocycles. The van der Waals surface area contributed by atoms with E-state index in [1.165, 1.54) is 36.5 Å². The fraction of sp³-hybridized carbons (Fsp3) is 0.500. The Balaban J connectivity index is 2.41. The molecule has 1 heterocycles. The summed E-state index contributed by atoms with van der Waals surface area (Å²) in [6.07, 6.45) is -12.6. The second kappa shape index (κ2) is 4.63. The summed E-state index contributed by atoms with van der Waals surface area (Å²) >= 11 is 0. The van der Waals surface area contributed by atoms with E-state index in [-0.39, 0.29) is 5.56 Å². The number of rotatable bonds is 1. The third-order valence-corrected chi connectivity index (χ3v) is 3.12. The average Bonchev–Trinajstić information content (AvgIpc) is 2.68. The maximum atomic E-state index is 12.9. The molecule has 2 nitrogen and oxygen atoms in total. The first-order chi connectivity index (χ1) is 9.08. The Morgan fingerprint density at radius 3 is 1.90 bits per heavy atom. The first kappa shape index (κ1) is 15.1. The van der Waals surface area contributed by atoms with Gasteiger partial charge in [-0.25, -0.2) is 0 Å². The summed E-state index contributed by atoms with van der Waals surface area (Å²) in [5, 5.41) is 1.52. The van der Waals surface area contributed by atoms with Crippen LogP contribution in [0.25, 0.3) is 0 Å². The molecule has 20 heavy (non-hydrogen) atoms. The summed E-state index contributed by atoms with van der Waals surface area (Å²) in [6, 6.07) is 6.36. The molecule has 2 rings (SSSR count). The van der Waals surface area contributed by atoms with E-state index in [1.807, 2.05) is 0 Å². The van der Waals surface area contributed by atoms with E-state index in [4.69, 9.17) is 0 Å². The van der Waals surface area contributed by atoms with Crippen LogP contribution >= 0.6 is 0 Å². The van der Waals surface area contributed by atoms with Gasteiger partial charge in [-0.1, -0.05) is 30.3 Å². The van der Waals surface area contributed by atoms with Gasteiger partial charge < -0.3 is 4.74 Å². The molecule has 1 saturated heterocycles. The lowest BCUT2D eigenvalue weighted by atomic mass is 10.0. The van der Waals surface area contributed by atoms with Gasteiger partial charge in [0.05, 0.1) is 0 Å². The monoisotopic (exact) mass is 299 g/mol. The number of alkyl halides is 6. The predicted molar refractivity (Wildman–Crippen MR) is 57.7 cm³/mol. The third-order valence-electron chi connectivity index (χ3n) is 3.12. The number of ether oxygens (including phenoxy) is 1. The van der Waals surface area contributed by atoms with Crippen molar-refractivity contribution < 1.29 is 31.1 Å². The Hall–Kier alpha value is -1.28. The first-order valence-electron chi connectivity index (χ1n) is 5.72. The van der Waals surface area contributed by atoms with Crippen LogP contribution in [0.3, 0.4) is 0 Å². The number of nitrogens with one attached hydrogen (secondary N) is 1. The zero-order valence-electron chi connectivity index (χ0n) is 10.2. The lowest BCUT2D eigenvalue weighted by molar-refractivity contribution is -0.382. The minimum absolute atomic E-state index is 0.253. The van der Waals surface area contributed by atoms with E-state index >= 15 is 0 Å². The van der Waals surface area contributed by atoms with Crippen molar-refractivity contribution in [2.75, 3.05) is 0 Å². The van der Waals surface area contributed by atoms with E-state index in [0.29, 0.717) is 0 Å². The van der Waals surface area contributed by atoms with Crippen molar-refractivity contribution in [1.82, 2.24) is 5.32 Å². The van der Waals surface area contributed by atoms with E-state index in [0.717, 1.165) is 0 Å². The summed E-state index contributed by atoms with van der Waals surface area (Å²) in [5.41, 5.74) is -4.08. The SMILES string of the molecule is CC1NC(C(F)(F)F)(C(F)(F)F)OC1c1ccccc1. The quantitative estimate of drug-likeness (QED) is 0.801. The van der Waals surface area contributed by atoms with E-state index in [1.54, 1.807) is 6.07 Å². The molecule has 8 heteroatoms. The summed E-state index contributed by atoms with van der Waals surface area (Å²) in [5.74, 6) is 0. The Bertz CT molecular complexity index is 455. The zero-order valence-corrected chi connectivity index (χ0v) is 10.2. The summed E-state index contributed by atoms with van der Waals surface area (Å²) < 4.78 is 81.6. The molecule has 1 fully saturated rings. The van der Waals surface area contributed by atoms with Gasteiger partial charge in [-0.2, -0.15) is 26.3 Å². The molecule has 2 atom stereocenters. The Labute approximate surface area is 110 Å². The van der Waals surface area contributed by atoms with Crippen molar-refractivity contribution in [3.63, 3.8) is 0 Å². The molecule has 0 amide bonds. The van der Waals surface area contributed by atoms with Crippen molar-refractivity contribution in [3.05, 3.63) is 35.9 Å². The minimum Gasteiger partial charge on any atom is -0.335 e. The van der Waals surface area contributed by atoms with Gasteiger partial charge in [0.15, 0.2) is 0 Å². The van der Waals surface area contributed by atoms with Gasteiger partial charge in [-0.3, -0.25) is 5.32 Å². The van der Waals surface area contributed by atoms with Crippen molar-refractivity contribution in [2.45, 2.75) is 37.1 Å². The molecule has 1 aliphatic rings. The maximum Gasteiger partial charge on any atom is 0.440 e. The molecule has 0 aliphatic carbocycles. The molecule has 2 unspecified atom stereocenters. The third kappa shape index (κ3) is 2.26. The van der Waals surface area contributed by atoms with Gasteiger partial charge in [-0.15, -0.1) is 0 Å². The summed E-state index contributed by atoms with van der Waals surface area (Å²) in [7, 11) is 0. The highest BCUT2D eigenvalue weighted by atomic mass is 19.4. The van der Waals surface area contributed by atoms with Crippen LogP contribution in [0.1, 0.15) is 18.6 Å². The van der Waals surface area contributed by atoms with Crippen LogP contribution in [-0.4, -0.2) is 24.1 Å². The second-order valence-electron chi connectivity index (χ2n) is 4.56. The van der Waals surface area contributed by atoms with Crippen LogP contribution in [-0.2, 0) is 4.74 Å². The average molecular weight is 299 g/mol. The van der Waals surface area contributed by atoms with Gasteiger partial charge in [0.25, 0.3) is 0 Å². The second-order valence-corrected chi connectivity index (χ2v) is 4.56. The number of hydrogen-bond acceptors (Lipinski definition) is 2. The standard InChI is InChI=1S/C12H11F6NO/c1-7-9(8-5-3-2-4-6-8)20-10(19-7,11(13,14)15)12(16,17)18/h2-7,9,19H,1H3. The van der Waals surface area contributed by atoms with Crippen LogP contribution in [0, 0.1) is 0 Å². The molecule has 0 spiro atoms. The first-order valence-corrected chi connectivity index (χ1v) is 5.72. The van der Waals surface area contributed by atoms with Gasteiger partial charge in [-0.05, 0) is 12.5 Å². The Morgan fingerprint density at radius 2 is 1.50 bits per heavy atom. The minimum atomic E-state index is -5.61. The number of hydrogen-bond donors (Lipinski definition) is 1. The smallest absolute Gasteiger partial charge is 0.335 e. The molecule has 0 aromatic heterocycles. The predicted octanol–water partition coefficient (Wildman–Crippen LogP) is 3.56. The fourth-order valence-electron chi connectivity index (χ4n) is 2.18. The highest BCUT2D eigenvalue weighted by molar-refractivity contribution is 5.21. The topological polar surface area (TPSA) is 21.3 Å². The van der Waals surface area contributed by atoms with Crippen molar-refractivity contribution in [3.8, 4) is 0 Å². The van der Waals surface area contributed by atoms with Gasteiger partial charge in [0.1, 0.15) is 6.10 Å². The van der Waals surface area contributed by atoms with E-state index < -0.39 is 30.2 Å². The lowest BCUT2D eigenvalue weighted by Gasteiger charge is -2.33. The van der Waals surface area contributed by atoms with Crippen LogP contribution < -0.4 is 5.32 Å². The van der Waals surface area contributed by atoms with E-state index in [9.17, 15) is 26.3 Å². The van der Waals surface area contributed by atoms with Crippen molar-refractivity contribution in [1.29, 1.82) is 0 Å². The molecule has 1 N–H and O–H groups in total. The largest absolute Gasteiger partial charge is 0.440 e. The zero-order chi connectivity index (χ0) is 15.2. The molecular weight excluding hydrogens is 288 g/mol. The van der Waals surface area contributed by atoms with Crippen LogP contribution in [0.5, 0.6) is 0 Å². The molecular formula is C12H11F6NO. The van der Waals surface area contributed by atoms with Crippen LogP contribution in [0.4, 0.5) is 26.3 Å². The number of halogens is 6. The van der Waals surface area contributed by atoms with Gasteiger partial charge in [0.2, 0.25) is 0 Å². The molecule has 0 bridgehead atoms. The van der Waals surface area contributed by atoms with E-state index in [2.05, 4.69) is 4.74 Å².